The fraction of sp³-hybridized carbons (Fsp3) is 0.154. The van der Waals surface area contributed by atoms with Crippen LogP contribution in [-0.4, -0.2) is 27.4 Å². The normalized spacial score (nSPS) is 12.7. The van der Waals surface area contributed by atoms with Crippen LogP contribution in [0.2, 0.25) is 0 Å². The summed E-state index contributed by atoms with van der Waals surface area (Å²) in [5, 5.41) is 16.2. The second-order valence-electron chi connectivity index (χ2n) is 4.06. The van der Waals surface area contributed by atoms with Crippen molar-refractivity contribution >= 4 is 10.8 Å². The number of fused-ring (bicyclic) bond motifs is 1. The first-order chi connectivity index (χ1) is 8.90. The van der Waals surface area contributed by atoms with Crippen molar-refractivity contribution in [3.63, 3.8) is 0 Å². The molecule has 0 spiro atoms. The van der Waals surface area contributed by atoms with Crippen LogP contribution in [0, 0.1) is 0 Å². The number of hydrogen-bond donors (Lipinski definition) is 2. The highest BCUT2D eigenvalue weighted by atomic mass is 15.3. The second kappa shape index (κ2) is 4.54. The molecule has 2 aromatic heterocycles. The number of aromatic amines is 1. The fourth-order valence-corrected chi connectivity index (χ4v) is 2.20. The molecule has 0 amide bonds. The molecule has 0 bridgehead atoms. The molecule has 3 aromatic rings. The molecular weight excluding hydrogens is 226 g/mol. The van der Waals surface area contributed by atoms with Gasteiger partial charge in [-0.25, -0.2) is 0 Å². The molecule has 0 aliphatic heterocycles. The van der Waals surface area contributed by atoms with Crippen molar-refractivity contribution in [1.29, 1.82) is 0 Å². The third-order valence-corrected chi connectivity index (χ3v) is 3.05. The summed E-state index contributed by atoms with van der Waals surface area (Å²) in [5.74, 6) is 0. The fourth-order valence-electron chi connectivity index (χ4n) is 2.20. The molecule has 0 saturated heterocycles. The largest absolute Gasteiger partial charge is 0.308 e. The van der Waals surface area contributed by atoms with Crippen molar-refractivity contribution in [3.05, 3.63) is 54.1 Å². The van der Waals surface area contributed by atoms with Crippen LogP contribution in [-0.2, 0) is 0 Å². The Morgan fingerprint density at radius 2 is 2.17 bits per heavy atom. The number of nitrogens with one attached hydrogen (secondary N) is 2. The van der Waals surface area contributed by atoms with Crippen molar-refractivity contribution in [3.8, 4) is 0 Å². The van der Waals surface area contributed by atoms with Crippen LogP contribution in [0.5, 0.6) is 0 Å². The average molecular weight is 239 g/mol. The molecule has 1 atom stereocenters. The quantitative estimate of drug-likeness (QED) is 0.729. The molecule has 0 aliphatic rings. The Labute approximate surface area is 104 Å². The third kappa shape index (κ3) is 1.74. The van der Waals surface area contributed by atoms with Crippen molar-refractivity contribution in [2.24, 2.45) is 0 Å². The van der Waals surface area contributed by atoms with E-state index >= 15 is 0 Å². The van der Waals surface area contributed by atoms with Gasteiger partial charge in [-0.3, -0.25) is 4.98 Å². The van der Waals surface area contributed by atoms with Gasteiger partial charge >= 0.3 is 0 Å². The molecule has 0 radical (unpaired) electrons. The molecule has 90 valence electrons. The molecule has 2 N–H and O–H groups in total. The zero-order valence-corrected chi connectivity index (χ0v) is 9.96. The molecule has 1 unspecified atom stereocenters. The van der Waals surface area contributed by atoms with Gasteiger partial charge in [0.1, 0.15) is 5.69 Å². The summed E-state index contributed by atoms with van der Waals surface area (Å²) in [7, 11) is 1.91. The first-order valence-electron chi connectivity index (χ1n) is 5.75. The average Bonchev–Trinajstić information content (AvgIpc) is 2.94. The molecule has 0 aliphatic carbocycles. The first-order valence-corrected chi connectivity index (χ1v) is 5.75. The van der Waals surface area contributed by atoms with Gasteiger partial charge in [0.15, 0.2) is 0 Å². The summed E-state index contributed by atoms with van der Waals surface area (Å²) < 4.78 is 0. The predicted molar refractivity (Wildman–Crippen MR) is 69.0 cm³/mol. The van der Waals surface area contributed by atoms with Gasteiger partial charge in [0.2, 0.25) is 0 Å². The van der Waals surface area contributed by atoms with Gasteiger partial charge in [-0.1, -0.05) is 18.2 Å². The number of hydrogen-bond acceptors (Lipinski definition) is 4. The Balaban J connectivity index is 2.18. The molecule has 1 aromatic carbocycles. The summed E-state index contributed by atoms with van der Waals surface area (Å²) in [6.07, 6.45) is 5.42. The van der Waals surface area contributed by atoms with Crippen LogP contribution in [0.1, 0.15) is 17.3 Å². The number of rotatable bonds is 3. The molecule has 5 heteroatoms. The van der Waals surface area contributed by atoms with Gasteiger partial charge < -0.3 is 5.32 Å². The Morgan fingerprint density at radius 1 is 1.22 bits per heavy atom. The molecule has 18 heavy (non-hydrogen) atoms. The van der Waals surface area contributed by atoms with Crippen molar-refractivity contribution in [1.82, 2.24) is 25.7 Å². The maximum atomic E-state index is 4.20. The van der Waals surface area contributed by atoms with E-state index in [4.69, 9.17) is 0 Å². The Bertz CT molecular complexity index is 642. The molecule has 3 rings (SSSR count). The highest BCUT2D eigenvalue weighted by molar-refractivity contribution is 5.85. The van der Waals surface area contributed by atoms with Crippen LogP contribution in [0.15, 0.2) is 42.9 Å². The zero-order valence-electron chi connectivity index (χ0n) is 9.96. The van der Waals surface area contributed by atoms with E-state index < -0.39 is 0 Å². The summed E-state index contributed by atoms with van der Waals surface area (Å²) >= 11 is 0. The van der Waals surface area contributed by atoms with Crippen molar-refractivity contribution in [2.75, 3.05) is 7.05 Å². The van der Waals surface area contributed by atoms with E-state index in [0.29, 0.717) is 0 Å². The molecular formula is C13H13N5. The first kappa shape index (κ1) is 10.9. The highest BCUT2D eigenvalue weighted by Gasteiger charge is 2.16. The Kier molecular flexibility index (Phi) is 2.74. The van der Waals surface area contributed by atoms with Crippen LogP contribution >= 0.6 is 0 Å². The van der Waals surface area contributed by atoms with E-state index in [1.807, 2.05) is 25.4 Å². The number of nitrogens with zero attached hydrogens (tertiary/aromatic N) is 3. The summed E-state index contributed by atoms with van der Waals surface area (Å²) in [4.78, 5) is 4.20. The topological polar surface area (TPSA) is 66.5 Å². The lowest BCUT2D eigenvalue weighted by Gasteiger charge is -2.15. The lowest BCUT2D eigenvalue weighted by molar-refractivity contribution is 0.671. The number of benzene rings is 1. The Hall–Kier alpha value is -2.27. The van der Waals surface area contributed by atoms with E-state index in [1.165, 1.54) is 5.39 Å². The SMILES string of the molecule is CNC(c1cn[nH]n1)c1cccc2ccncc12. The van der Waals surface area contributed by atoms with Crippen LogP contribution < -0.4 is 5.32 Å². The molecule has 2 heterocycles. The maximum absolute atomic E-state index is 4.20. The van der Waals surface area contributed by atoms with Gasteiger partial charge in [-0.05, 0) is 24.1 Å². The predicted octanol–water partition coefficient (Wildman–Crippen LogP) is 1.66. The monoisotopic (exact) mass is 239 g/mol. The molecule has 0 fully saturated rings. The van der Waals surface area contributed by atoms with Crippen molar-refractivity contribution < 1.29 is 0 Å². The Morgan fingerprint density at radius 3 is 2.94 bits per heavy atom. The lowest BCUT2D eigenvalue weighted by atomic mass is 9.98. The van der Waals surface area contributed by atoms with E-state index in [0.717, 1.165) is 16.6 Å². The number of pyridine rings is 1. The van der Waals surface area contributed by atoms with Crippen LogP contribution in [0.3, 0.4) is 0 Å². The van der Waals surface area contributed by atoms with Crippen LogP contribution in [0.25, 0.3) is 10.8 Å². The third-order valence-electron chi connectivity index (χ3n) is 3.05. The van der Waals surface area contributed by atoms with Gasteiger partial charge in [0, 0.05) is 17.8 Å². The van der Waals surface area contributed by atoms with E-state index in [9.17, 15) is 0 Å². The summed E-state index contributed by atoms with van der Waals surface area (Å²) in [6, 6.07) is 8.23. The van der Waals surface area contributed by atoms with Gasteiger partial charge in [0.25, 0.3) is 0 Å². The van der Waals surface area contributed by atoms with Crippen molar-refractivity contribution in [2.45, 2.75) is 6.04 Å². The molecule has 5 nitrogen and oxygen atoms in total. The summed E-state index contributed by atoms with van der Waals surface area (Å²) in [6.45, 7) is 0. The second-order valence-corrected chi connectivity index (χ2v) is 4.06. The minimum atomic E-state index is 0.0108. The van der Waals surface area contributed by atoms with E-state index in [1.54, 1.807) is 12.4 Å². The maximum Gasteiger partial charge on any atom is 0.104 e. The lowest BCUT2D eigenvalue weighted by Crippen LogP contribution is -2.18. The van der Waals surface area contributed by atoms with E-state index in [2.05, 4.69) is 37.8 Å². The summed E-state index contributed by atoms with van der Waals surface area (Å²) in [5.41, 5.74) is 2.02. The highest BCUT2D eigenvalue weighted by Crippen LogP contribution is 2.26. The van der Waals surface area contributed by atoms with Crippen LogP contribution in [0.4, 0.5) is 0 Å². The van der Waals surface area contributed by atoms with Gasteiger partial charge in [-0.15, -0.1) is 0 Å². The zero-order chi connectivity index (χ0) is 12.4. The van der Waals surface area contributed by atoms with Gasteiger partial charge in [0.05, 0.1) is 12.2 Å². The smallest absolute Gasteiger partial charge is 0.104 e. The number of H-pyrrole nitrogens is 1. The molecule has 0 saturated carbocycles. The number of aromatic nitrogens is 4. The van der Waals surface area contributed by atoms with E-state index in [-0.39, 0.29) is 6.04 Å². The van der Waals surface area contributed by atoms with Gasteiger partial charge in [-0.2, -0.15) is 15.4 Å². The minimum absolute atomic E-state index is 0.0108. The standard InChI is InChI=1S/C13H13N5/c1-14-13(12-8-16-18-17-12)10-4-2-3-9-5-6-15-7-11(9)10/h2-8,13-14H,1H3,(H,16,17,18). The minimum Gasteiger partial charge on any atom is -0.308 e.